The van der Waals surface area contributed by atoms with Crippen molar-refractivity contribution in [2.45, 2.75) is 31.7 Å². The highest BCUT2D eigenvalue weighted by atomic mass is 16.5. The molecule has 0 aliphatic carbocycles. The quantitative estimate of drug-likeness (QED) is 0.514. The second-order valence-corrected chi connectivity index (χ2v) is 8.21. The van der Waals surface area contributed by atoms with Gasteiger partial charge in [-0.05, 0) is 49.1 Å². The molecule has 1 fully saturated rings. The Hall–Kier alpha value is -3.28. The largest absolute Gasteiger partial charge is 0.497 e. The number of benzene rings is 2. The summed E-state index contributed by atoms with van der Waals surface area (Å²) in [6.07, 6.45) is 1.45. The summed E-state index contributed by atoms with van der Waals surface area (Å²) in [6.45, 7) is 2.64. The van der Waals surface area contributed by atoms with Gasteiger partial charge in [0.15, 0.2) is 0 Å². The molecule has 0 saturated carbocycles. The van der Waals surface area contributed by atoms with Gasteiger partial charge in [-0.2, -0.15) is 0 Å². The highest BCUT2D eigenvalue weighted by molar-refractivity contribution is 6.00. The zero-order chi connectivity index (χ0) is 21.5. The van der Waals surface area contributed by atoms with Crippen LogP contribution in [0.4, 0.5) is 0 Å². The van der Waals surface area contributed by atoms with Gasteiger partial charge in [-0.3, -0.25) is 9.59 Å². The molecule has 3 atom stereocenters. The molecular weight excluding hydrogens is 392 g/mol. The number of hydrogen-bond acceptors (Lipinski definition) is 4. The van der Waals surface area contributed by atoms with Gasteiger partial charge in [0.05, 0.1) is 19.8 Å². The SMILES string of the molecule is CCOC(=O)[C@@H]1C(=O)N2CCc3c([nH]c4ccccc34)[C@H]2C[C@H]1c1ccc(OC)cc1. The van der Waals surface area contributed by atoms with Gasteiger partial charge in [-0.25, -0.2) is 0 Å². The topological polar surface area (TPSA) is 71.6 Å². The summed E-state index contributed by atoms with van der Waals surface area (Å²) in [7, 11) is 1.62. The summed E-state index contributed by atoms with van der Waals surface area (Å²) >= 11 is 0. The summed E-state index contributed by atoms with van der Waals surface area (Å²) in [6, 6.07) is 15.9. The molecular formula is C25H26N2O4. The van der Waals surface area contributed by atoms with Crippen LogP contribution in [0.25, 0.3) is 10.9 Å². The van der Waals surface area contributed by atoms with Crippen molar-refractivity contribution in [2.75, 3.05) is 20.3 Å². The first kappa shape index (κ1) is 19.7. The maximum Gasteiger partial charge on any atom is 0.319 e. The number of hydrogen-bond donors (Lipinski definition) is 1. The maximum atomic E-state index is 13.6. The van der Waals surface area contributed by atoms with Gasteiger partial charge in [0.1, 0.15) is 11.7 Å². The molecule has 0 radical (unpaired) electrons. The molecule has 1 saturated heterocycles. The van der Waals surface area contributed by atoms with Crippen LogP contribution in [-0.2, 0) is 20.7 Å². The van der Waals surface area contributed by atoms with E-state index in [1.165, 1.54) is 10.9 Å². The third-order valence-corrected chi connectivity index (χ3v) is 6.67. The molecule has 1 amide bonds. The van der Waals surface area contributed by atoms with Gasteiger partial charge < -0.3 is 19.4 Å². The number of aromatic amines is 1. The van der Waals surface area contributed by atoms with Crippen LogP contribution < -0.4 is 4.74 Å². The first-order valence-electron chi connectivity index (χ1n) is 10.8. The van der Waals surface area contributed by atoms with Crippen molar-refractivity contribution >= 4 is 22.8 Å². The first-order valence-corrected chi connectivity index (χ1v) is 10.8. The van der Waals surface area contributed by atoms with Crippen molar-refractivity contribution in [1.29, 1.82) is 0 Å². The van der Waals surface area contributed by atoms with E-state index in [1.54, 1.807) is 14.0 Å². The van der Waals surface area contributed by atoms with Crippen molar-refractivity contribution in [3.63, 3.8) is 0 Å². The lowest BCUT2D eigenvalue weighted by atomic mass is 9.74. The van der Waals surface area contributed by atoms with Gasteiger partial charge >= 0.3 is 5.97 Å². The van der Waals surface area contributed by atoms with E-state index in [0.29, 0.717) is 13.0 Å². The minimum atomic E-state index is -0.824. The van der Waals surface area contributed by atoms with Crippen molar-refractivity contribution < 1.29 is 19.1 Å². The summed E-state index contributed by atoms with van der Waals surface area (Å²) in [5.74, 6) is -0.906. The number of piperidine rings is 1. The highest BCUT2D eigenvalue weighted by Crippen LogP contribution is 2.47. The van der Waals surface area contributed by atoms with E-state index in [-0.39, 0.29) is 24.5 Å². The number of esters is 1. The molecule has 0 spiro atoms. The number of amides is 1. The van der Waals surface area contributed by atoms with E-state index in [9.17, 15) is 9.59 Å². The second-order valence-electron chi connectivity index (χ2n) is 8.21. The maximum absolute atomic E-state index is 13.6. The van der Waals surface area contributed by atoms with E-state index in [0.717, 1.165) is 28.9 Å². The summed E-state index contributed by atoms with van der Waals surface area (Å²) in [5, 5.41) is 1.22. The average Bonchev–Trinajstić information content (AvgIpc) is 3.18. The summed E-state index contributed by atoms with van der Waals surface area (Å²) < 4.78 is 10.6. The minimum absolute atomic E-state index is 0.0820. The zero-order valence-corrected chi connectivity index (χ0v) is 17.8. The monoisotopic (exact) mass is 418 g/mol. The van der Waals surface area contributed by atoms with Crippen molar-refractivity contribution in [3.8, 4) is 5.75 Å². The number of rotatable bonds is 4. The predicted octanol–water partition coefficient (Wildman–Crippen LogP) is 3.97. The van der Waals surface area contributed by atoms with Crippen molar-refractivity contribution in [1.82, 2.24) is 9.88 Å². The Morgan fingerprint density at radius 3 is 2.68 bits per heavy atom. The summed E-state index contributed by atoms with van der Waals surface area (Å²) in [4.78, 5) is 31.9. The number of nitrogens with zero attached hydrogens (tertiary/aromatic N) is 1. The normalized spacial score (nSPS) is 22.7. The van der Waals surface area contributed by atoms with Crippen LogP contribution in [0.15, 0.2) is 48.5 Å². The van der Waals surface area contributed by atoms with Gasteiger partial charge in [0, 0.05) is 29.1 Å². The van der Waals surface area contributed by atoms with Crippen LogP contribution in [-0.4, -0.2) is 42.0 Å². The number of carbonyl (C=O) groups is 2. The number of methoxy groups -OCH3 is 1. The van der Waals surface area contributed by atoms with Crippen molar-refractivity contribution in [2.24, 2.45) is 5.92 Å². The van der Waals surface area contributed by atoms with E-state index in [1.807, 2.05) is 41.3 Å². The number of ether oxygens (including phenoxy) is 2. The Morgan fingerprint density at radius 2 is 1.94 bits per heavy atom. The minimum Gasteiger partial charge on any atom is -0.497 e. The van der Waals surface area contributed by atoms with Crippen LogP contribution in [0, 0.1) is 5.92 Å². The standard InChI is InChI=1S/C25H26N2O4/c1-3-31-25(29)22-19(15-8-10-16(30-2)11-9-15)14-21-23-18(12-13-27(21)24(22)28)17-6-4-5-7-20(17)26-23/h4-11,19,21-22,26H,3,12-14H2,1-2H3/t19-,21+,22-/m0/s1. The lowest BCUT2D eigenvalue weighted by Crippen LogP contribution is -2.52. The lowest BCUT2D eigenvalue weighted by molar-refractivity contribution is -0.161. The number of nitrogens with one attached hydrogen (secondary N) is 1. The molecule has 31 heavy (non-hydrogen) atoms. The van der Waals surface area contributed by atoms with Gasteiger partial charge in [-0.1, -0.05) is 30.3 Å². The van der Waals surface area contributed by atoms with E-state index in [2.05, 4.69) is 17.1 Å². The molecule has 0 unspecified atom stereocenters. The number of H-pyrrole nitrogens is 1. The fraction of sp³-hybridized carbons (Fsp3) is 0.360. The molecule has 6 heteroatoms. The van der Waals surface area contributed by atoms with Crippen LogP contribution >= 0.6 is 0 Å². The predicted molar refractivity (Wildman–Crippen MR) is 117 cm³/mol. The smallest absolute Gasteiger partial charge is 0.319 e. The number of carbonyl (C=O) groups excluding carboxylic acids is 2. The number of aromatic nitrogens is 1. The van der Waals surface area contributed by atoms with E-state index < -0.39 is 11.9 Å². The molecule has 2 aliphatic rings. The molecule has 0 bridgehead atoms. The Morgan fingerprint density at radius 1 is 1.16 bits per heavy atom. The average molecular weight is 418 g/mol. The Bertz CT molecular complexity index is 1130. The van der Waals surface area contributed by atoms with Crippen LogP contribution in [0.1, 0.15) is 42.1 Å². The number of fused-ring (bicyclic) bond motifs is 5. The first-order chi connectivity index (χ1) is 15.1. The molecule has 1 N–H and O–H groups in total. The fourth-order valence-electron chi connectivity index (χ4n) is 5.23. The Labute approximate surface area is 181 Å². The molecule has 2 aromatic carbocycles. The van der Waals surface area contributed by atoms with Crippen LogP contribution in [0.2, 0.25) is 0 Å². The molecule has 160 valence electrons. The third kappa shape index (κ3) is 3.17. The zero-order valence-electron chi connectivity index (χ0n) is 17.8. The third-order valence-electron chi connectivity index (χ3n) is 6.67. The van der Waals surface area contributed by atoms with Crippen molar-refractivity contribution in [3.05, 3.63) is 65.4 Å². The van der Waals surface area contributed by atoms with E-state index >= 15 is 0 Å². The van der Waals surface area contributed by atoms with E-state index in [4.69, 9.17) is 9.47 Å². The molecule has 5 rings (SSSR count). The molecule has 3 aromatic rings. The summed E-state index contributed by atoms with van der Waals surface area (Å²) in [5.41, 5.74) is 4.43. The Balaban J connectivity index is 1.58. The van der Waals surface area contributed by atoms with Gasteiger partial charge in [-0.15, -0.1) is 0 Å². The fourth-order valence-corrected chi connectivity index (χ4v) is 5.23. The second kappa shape index (κ2) is 7.76. The number of para-hydroxylation sites is 1. The lowest BCUT2D eigenvalue weighted by Gasteiger charge is -2.45. The molecule has 2 aliphatic heterocycles. The molecule has 6 nitrogen and oxygen atoms in total. The highest BCUT2D eigenvalue weighted by Gasteiger charge is 2.49. The molecule has 3 heterocycles. The molecule has 1 aromatic heterocycles. The van der Waals surface area contributed by atoms with Crippen LogP contribution in [0.5, 0.6) is 5.75 Å². The van der Waals surface area contributed by atoms with Gasteiger partial charge in [0.25, 0.3) is 0 Å². The van der Waals surface area contributed by atoms with Gasteiger partial charge in [0.2, 0.25) is 5.91 Å². The Kier molecular flexibility index (Phi) is 4.93. The van der Waals surface area contributed by atoms with Crippen LogP contribution in [0.3, 0.4) is 0 Å².